The van der Waals surface area contributed by atoms with Crippen LogP contribution in [0.1, 0.15) is 33.8 Å². The summed E-state index contributed by atoms with van der Waals surface area (Å²) in [7, 11) is 1.70. The molecule has 1 saturated heterocycles. The fourth-order valence-electron chi connectivity index (χ4n) is 4.02. The molecule has 0 atom stereocenters. The van der Waals surface area contributed by atoms with E-state index in [9.17, 15) is 4.79 Å². The highest BCUT2D eigenvalue weighted by molar-refractivity contribution is 5.96. The molecule has 0 spiro atoms. The summed E-state index contributed by atoms with van der Waals surface area (Å²) in [4.78, 5) is 21.8. The lowest BCUT2D eigenvalue weighted by molar-refractivity contribution is 0.0731. The maximum absolute atomic E-state index is 12.9. The van der Waals surface area contributed by atoms with Crippen molar-refractivity contribution in [1.29, 1.82) is 0 Å². The first-order valence-corrected chi connectivity index (χ1v) is 10.1. The number of benzene rings is 1. The standard InChI is InChI=1S/C23H27N3O3/c1-16-14-24-19(17(2)22(16)28-3)15-25-9-6-10-26(12-11-25)23(27)21-13-18-7-4-5-8-20(18)29-21/h4-5,7-8,13-14H,6,9-12,15H2,1-3H3. The third-order valence-corrected chi connectivity index (χ3v) is 5.64. The van der Waals surface area contributed by atoms with Gasteiger partial charge in [-0.3, -0.25) is 14.7 Å². The molecule has 1 amide bonds. The van der Waals surface area contributed by atoms with Gasteiger partial charge in [0.05, 0.1) is 12.8 Å². The first-order valence-electron chi connectivity index (χ1n) is 10.1. The summed E-state index contributed by atoms with van der Waals surface area (Å²) >= 11 is 0. The van der Waals surface area contributed by atoms with Crippen LogP contribution in [0.3, 0.4) is 0 Å². The van der Waals surface area contributed by atoms with Gasteiger partial charge in [0.25, 0.3) is 5.91 Å². The summed E-state index contributed by atoms with van der Waals surface area (Å²) in [5, 5.41) is 0.960. The summed E-state index contributed by atoms with van der Waals surface area (Å²) in [6.45, 7) is 7.98. The Hall–Kier alpha value is -2.86. The Balaban J connectivity index is 1.43. The number of pyridine rings is 1. The van der Waals surface area contributed by atoms with Gasteiger partial charge in [0.1, 0.15) is 11.3 Å². The van der Waals surface area contributed by atoms with Crippen LogP contribution in [0.15, 0.2) is 40.9 Å². The highest BCUT2D eigenvalue weighted by Gasteiger charge is 2.23. The number of ether oxygens (including phenoxy) is 1. The van der Waals surface area contributed by atoms with E-state index in [1.165, 1.54) is 0 Å². The summed E-state index contributed by atoms with van der Waals surface area (Å²) in [6.07, 6.45) is 2.80. The first-order chi connectivity index (χ1) is 14.1. The van der Waals surface area contributed by atoms with Crippen molar-refractivity contribution in [2.24, 2.45) is 0 Å². The van der Waals surface area contributed by atoms with Crippen LogP contribution in [0.25, 0.3) is 11.0 Å². The Bertz CT molecular complexity index is 994. The van der Waals surface area contributed by atoms with E-state index in [1.54, 1.807) is 7.11 Å². The largest absolute Gasteiger partial charge is 0.496 e. The van der Waals surface area contributed by atoms with Gasteiger partial charge in [0, 0.05) is 55.4 Å². The van der Waals surface area contributed by atoms with Crippen molar-refractivity contribution in [2.45, 2.75) is 26.8 Å². The number of furan rings is 1. The molecule has 0 N–H and O–H groups in total. The van der Waals surface area contributed by atoms with Crippen molar-refractivity contribution in [3.05, 3.63) is 59.1 Å². The molecule has 29 heavy (non-hydrogen) atoms. The van der Waals surface area contributed by atoms with E-state index in [0.29, 0.717) is 12.3 Å². The Morgan fingerprint density at radius 2 is 2.00 bits per heavy atom. The number of carbonyl (C=O) groups excluding carboxylic acids is 1. The zero-order valence-electron chi connectivity index (χ0n) is 17.3. The second-order valence-electron chi connectivity index (χ2n) is 7.62. The minimum atomic E-state index is -0.0330. The van der Waals surface area contributed by atoms with Crippen LogP contribution in [0.2, 0.25) is 0 Å². The van der Waals surface area contributed by atoms with Gasteiger partial charge in [-0.05, 0) is 32.4 Å². The fourth-order valence-corrected chi connectivity index (χ4v) is 4.02. The molecule has 3 heterocycles. The molecule has 1 aromatic carbocycles. The third kappa shape index (κ3) is 3.98. The molecule has 0 unspecified atom stereocenters. The number of aryl methyl sites for hydroxylation is 1. The number of nitrogens with zero attached hydrogens (tertiary/aromatic N) is 3. The predicted molar refractivity (Wildman–Crippen MR) is 112 cm³/mol. The molecule has 6 nitrogen and oxygen atoms in total. The number of fused-ring (bicyclic) bond motifs is 1. The van der Waals surface area contributed by atoms with Gasteiger partial charge >= 0.3 is 0 Å². The van der Waals surface area contributed by atoms with E-state index >= 15 is 0 Å². The summed E-state index contributed by atoms with van der Waals surface area (Å²) in [6, 6.07) is 9.56. The lowest BCUT2D eigenvalue weighted by atomic mass is 10.1. The molecule has 1 aliphatic rings. The van der Waals surface area contributed by atoms with Gasteiger partial charge in [-0.1, -0.05) is 18.2 Å². The van der Waals surface area contributed by atoms with Gasteiger partial charge < -0.3 is 14.1 Å². The van der Waals surface area contributed by atoms with E-state index in [1.807, 2.05) is 48.4 Å². The number of aromatic nitrogens is 1. The van der Waals surface area contributed by atoms with Crippen LogP contribution in [-0.4, -0.2) is 54.0 Å². The van der Waals surface area contributed by atoms with Crippen molar-refractivity contribution in [3.8, 4) is 5.75 Å². The lowest BCUT2D eigenvalue weighted by Crippen LogP contribution is -2.35. The van der Waals surface area contributed by atoms with Gasteiger partial charge in [0.15, 0.2) is 5.76 Å². The Kier molecular flexibility index (Phi) is 5.53. The van der Waals surface area contributed by atoms with Crippen molar-refractivity contribution >= 4 is 16.9 Å². The molecule has 0 saturated carbocycles. The maximum Gasteiger partial charge on any atom is 0.289 e. The van der Waals surface area contributed by atoms with Gasteiger partial charge in [-0.2, -0.15) is 0 Å². The summed E-state index contributed by atoms with van der Waals surface area (Å²) in [5.41, 5.74) is 3.92. The number of methoxy groups -OCH3 is 1. The number of para-hydroxylation sites is 1. The molecule has 3 aromatic rings. The maximum atomic E-state index is 12.9. The average molecular weight is 393 g/mol. The molecule has 152 valence electrons. The Labute approximate surface area is 171 Å². The Morgan fingerprint density at radius 3 is 2.79 bits per heavy atom. The lowest BCUT2D eigenvalue weighted by Gasteiger charge is -2.22. The van der Waals surface area contributed by atoms with Crippen LogP contribution in [-0.2, 0) is 6.54 Å². The number of carbonyl (C=O) groups is 1. The van der Waals surface area contributed by atoms with E-state index in [0.717, 1.165) is 66.1 Å². The second-order valence-corrected chi connectivity index (χ2v) is 7.62. The molecular weight excluding hydrogens is 366 g/mol. The quantitative estimate of drug-likeness (QED) is 0.675. The molecule has 0 aliphatic carbocycles. The predicted octanol–water partition coefficient (Wildman–Crippen LogP) is 3.80. The van der Waals surface area contributed by atoms with Crippen molar-refractivity contribution in [2.75, 3.05) is 33.3 Å². The molecule has 1 fully saturated rings. The number of hydrogen-bond acceptors (Lipinski definition) is 5. The third-order valence-electron chi connectivity index (χ3n) is 5.64. The van der Waals surface area contributed by atoms with E-state index in [-0.39, 0.29) is 5.91 Å². The monoisotopic (exact) mass is 393 g/mol. The van der Waals surface area contributed by atoms with Gasteiger partial charge in [-0.15, -0.1) is 0 Å². The molecule has 0 radical (unpaired) electrons. The van der Waals surface area contributed by atoms with Crippen LogP contribution in [0.4, 0.5) is 0 Å². The van der Waals surface area contributed by atoms with E-state index in [4.69, 9.17) is 9.15 Å². The molecule has 1 aliphatic heterocycles. The van der Waals surface area contributed by atoms with Crippen molar-refractivity contribution in [3.63, 3.8) is 0 Å². The molecular formula is C23H27N3O3. The fraction of sp³-hybridized carbons (Fsp3) is 0.391. The van der Waals surface area contributed by atoms with Crippen LogP contribution in [0, 0.1) is 13.8 Å². The Morgan fingerprint density at radius 1 is 1.17 bits per heavy atom. The van der Waals surface area contributed by atoms with Crippen LogP contribution < -0.4 is 4.74 Å². The summed E-state index contributed by atoms with van der Waals surface area (Å²) < 4.78 is 11.3. The minimum Gasteiger partial charge on any atom is -0.496 e. The van der Waals surface area contributed by atoms with Crippen molar-refractivity contribution < 1.29 is 13.9 Å². The first kappa shape index (κ1) is 19.5. The zero-order chi connectivity index (χ0) is 20.4. The highest BCUT2D eigenvalue weighted by atomic mass is 16.5. The zero-order valence-corrected chi connectivity index (χ0v) is 17.3. The van der Waals surface area contributed by atoms with Crippen molar-refractivity contribution in [1.82, 2.24) is 14.8 Å². The SMILES string of the molecule is COc1c(C)cnc(CN2CCCN(C(=O)c3cc4ccccc4o3)CC2)c1C. The summed E-state index contributed by atoms with van der Waals surface area (Å²) in [5.74, 6) is 1.29. The van der Waals surface area contributed by atoms with Gasteiger partial charge in [0.2, 0.25) is 0 Å². The molecule has 4 rings (SSSR count). The second kappa shape index (κ2) is 8.25. The topological polar surface area (TPSA) is 58.8 Å². The smallest absolute Gasteiger partial charge is 0.289 e. The van der Waals surface area contributed by atoms with E-state index < -0.39 is 0 Å². The normalized spacial score (nSPS) is 15.5. The molecule has 6 heteroatoms. The molecule has 0 bridgehead atoms. The number of rotatable bonds is 4. The van der Waals surface area contributed by atoms with Crippen LogP contribution in [0.5, 0.6) is 5.75 Å². The highest BCUT2D eigenvalue weighted by Crippen LogP contribution is 2.25. The minimum absolute atomic E-state index is 0.0330. The molecule has 2 aromatic heterocycles. The van der Waals surface area contributed by atoms with Crippen LogP contribution >= 0.6 is 0 Å². The average Bonchev–Trinajstić information content (AvgIpc) is 3.02. The number of amides is 1. The number of hydrogen-bond donors (Lipinski definition) is 0. The van der Waals surface area contributed by atoms with Gasteiger partial charge in [-0.25, -0.2) is 0 Å². The van der Waals surface area contributed by atoms with E-state index in [2.05, 4.69) is 16.8 Å².